The summed E-state index contributed by atoms with van der Waals surface area (Å²) >= 11 is 5.69. The van der Waals surface area contributed by atoms with E-state index < -0.39 is 0 Å². The number of alkyl halides is 1. The van der Waals surface area contributed by atoms with Crippen molar-refractivity contribution >= 4 is 11.6 Å². The number of rotatable bonds is 14. The minimum atomic E-state index is -0.359. The minimum Gasteiger partial charge on any atom is -0.392 e. The lowest BCUT2D eigenvalue weighted by Gasteiger charge is -2.26. The number of aliphatic hydroxyl groups is 1. The molecule has 0 aromatic rings. The van der Waals surface area contributed by atoms with E-state index in [1.807, 2.05) is 0 Å². The van der Waals surface area contributed by atoms with Crippen LogP contribution in [-0.2, 0) is 0 Å². The van der Waals surface area contributed by atoms with Gasteiger partial charge >= 0.3 is 0 Å². The van der Waals surface area contributed by atoms with Crippen molar-refractivity contribution < 1.29 is 5.11 Å². The van der Waals surface area contributed by atoms with Gasteiger partial charge in [0.2, 0.25) is 0 Å². The van der Waals surface area contributed by atoms with Gasteiger partial charge in [-0.25, -0.2) is 0 Å². The lowest BCUT2D eigenvalue weighted by Crippen LogP contribution is -2.32. The predicted octanol–water partition coefficient (Wildman–Crippen LogP) is 4.83. The minimum absolute atomic E-state index is 0.349. The molecule has 0 spiro atoms. The van der Waals surface area contributed by atoms with Gasteiger partial charge in [0.25, 0.3) is 0 Å². The van der Waals surface area contributed by atoms with E-state index in [-0.39, 0.29) is 6.10 Å². The molecular formula is C17H36ClNO. The highest BCUT2D eigenvalue weighted by molar-refractivity contribution is 6.18. The molecule has 2 atom stereocenters. The number of hydrogen-bond donors (Lipinski definition) is 1. The Kier molecular flexibility index (Phi) is 14.3. The van der Waals surface area contributed by atoms with E-state index in [2.05, 4.69) is 25.9 Å². The molecule has 0 aromatic carbocycles. The zero-order chi connectivity index (χ0) is 15.2. The number of halogens is 1. The van der Waals surface area contributed by atoms with Crippen molar-refractivity contribution in [2.24, 2.45) is 0 Å². The molecule has 0 aliphatic heterocycles. The highest BCUT2D eigenvalue weighted by Crippen LogP contribution is 2.15. The summed E-state index contributed by atoms with van der Waals surface area (Å²) in [6, 6.07) is 0.466. The number of hydrogen-bond acceptors (Lipinski definition) is 2. The van der Waals surface area contributed by atoms with Crippen LogP contribution in [0, 0.1) is 0 Å². The topological polar surface area (TPSA) is 23.5 Å². The molecule has 0 fully saturated rings. The van der Waals surface area contributed by atoms with Gasteiger partial charge in [-0.2, -0.15) is 0 Å². The van der Waals surface area contributed by atoms with Crippen molar-refractivity contribution in [1.82, 2.24) is 4.90 Å². The molecule has 122 valence electrons. The lowest BCUT2D eigenvalue weighted by atomic mass is 10.0. The fourth-order valence-corrected chi connectivity index (χ4v) is 2.78. The first-order valence-corrected chi connectivity index (χ1v) is 9.05. The molecule has 0 radical (unpaired) electrons. The first-order valence-electron chi connectivity index (χ1n) is 8.52. The van der Waals surface area contributed by atoms with E-state index >= 15 is 0 Å². The second kappa shape index (κ2) is 14.2. The molecular weight excluding hydrogens is 270 g/mol. The highest BCUT2D eigenvalue weighted by atomic mass is 35.5. The summed E-state index contributed by atoms with van der Waals surface area (Å²) in [5.74, 6) is 0.349. The van der Waals surface area contributed by atoms with Crippen molar-refractivity contribution in [1.29, 1.82) is 0 Å². The molecule has 2 nitrogen and oxygen atoms in total. The molecule has 0 amide bonds. The summed E-state index contributed by atoms with van der Waals surface area (Å²) in [6.07, 6.45) is 13.9. The van der Waals surface area contributed by atoms with Crippen molar-refractivity contribution in [3.8, 4) is 0 Å². The van der Waals surface area contributed by atoms with Crippen molar-refractivity contribution in [2.45, 2.75) is 89.7 Å². The van der Waals surface area contributed by atoms with E-state index in [0.717, 1.165) is 6.42 Å². The van der Waals surface area contributed by atoms with Gasteiger partial charge in [0.15, 0.2) is 0 Å². The van der Waals surface area contributed by atoms with Gasteiger partial charge in [-0.1, -0.05) is 64.7 Å². The monoisotopic (exact) mass is 305 g/mol. The van der Waals surface area contributed by atoms with Crippen molar-refractivity contribution in [3.05, 3.63) is 0 Å². The second-order valence-corrected chi connectivity index (χ2v) is 6.59. The Morgan fingerprint density at radius 2 is 1.40 bits per heavy atom. The van der Waals surface area contributed by atoms with Crippen LogP contribution in [0.5, 0.6) is 0 Å². The van der Waals surface area contributed by atoms with Gasteiger partial charge in [0.1, 0.15) is 0 Å². The molecule has 0 bridgehead atoms. The molecule has 2 unspecified atom stereocenters. The molecule has 1 N–H and O–H groups in total. The van der Waals surface area contributed by atoms with Gasteiger partial charge in [-0.15, -0.1) is 11.6 Å². The lowest BCUT2D eigenvalue weighted by molar-refractivity contribution is 0.135. The maximum atomic E-state index is 9.66. The summed E-state index contributed by atoms with van der Waals surface area (Å²) in [7, 11) is 4.19. The Morgan fingerprint density at radius 1 is 0.900 bits per heavy atom. The van der Waals surface area contributed by atoms with Crippen LogP contribution in [0.2, 0.25) is 0 Å². The summed E-state index contributed by atoms with van der Waals surface area (Å²) < 4.78 is 0. The van der Waals surface area contributed by atoms with Crippen LogP contribution in [0.1, 0.15) is 77.6 Å². The summed E-state index contributed by atoms with van der Waals surface area (Å²) in [5.41, 5.74) is 0. The molecule has 0 heterocycles. The predicted molar refractivity (Wildman–Crippen MR) is 90.7 cm³/mol. The van der Waals surface area contributed by atoms with Crippen LogP contribution in [0.15, 0.2) is 0 Å². The van der Waals surface area contributed by atoms with Crippen LogP contribution in [-0.4, -0.2) is 42.1 Å². The van der Waals surface area contributed by atoms with E-state index in [0.29, 0.717) is 11.9 Å². The molecule has 0 saturated heterocycles. The standard InChI is InChI=1S/C17H36ClNO/c1-4-5-6-7-8-9-10-11-12-13-16(19(2)3)14-17(20)15-18/h16-17,20H,4-15H2,1-3H3. The van der Waals surface area contributed by atoms with Crippen molar-refractivity contribution in [3.63, 3.8) is 0 Å². The Labute approximate surface area is 131 Å². The third kappa shape index (κ3) is 12.0. The van der Waals surface area contributed by atoms with Crippen LogP contribution < -0.4 is 0 Å². The average molecular weight is 306 g/mol. The Hall–Kier alpha value is 0.210. The first-order chi connectivity index (χ1) is 9.61. The van der Waals surface area contributed by atoms with Crippen LogP contribution in [0.25, 0.3) is 0 Å². The smallest absolute Gasteiger partial charge is 0.0690 e. The van der Waals surface area contributed by atoms with Crippen molar-refractivity contribution in [2.75, 3.05) is 20.0 Å². The molecule has 0 aliphatic carbocycles. The Morgan fingerprint density at radius 3 is 1.85 bits per heavy atom. The third-order valence-electron chi connectivity index (χ3n) is 4.09. The summed E-state index contributed by atoms with van der Waals surface area (Å²) in [4.78, 5) is 2.22. The number of aliphatic hydroxyl groups excluding tert-OH is 1. The zero-order valence-electron chi connectivity index (χ0n) is 13.9. The van der Waals surface area contributed by atoms with Gasteiger partial charge in [0, 0.05) is 11.9 Å². The third-order valence-corrected chi connectivity index (χ3v) is 4.45. The molecule has 3 heteroatoms. The molecule has 0 rings (SSSR count). The quantitative estimate of drug-likeness (QED) is 0.367. The Balaban J connectivity index is 3.49. The molecule has 0 saturated carbocycles. The number of nitrogens with zero attached hydrogens (tertiary/aromatic N) is 1. The maximum Gasteiger partial charge on any atom is 0.0690 e. The molecule has 20 heavy (non-hydrogen) atoms. The Bertz CT molecular complexity index is 199. The normalized spacial score (nSPS) is 14.7. The van der Waals surface area contributed by atoms with Gasteiger partial charge in [-0.3, -0.25) is 0 Å². The second-order valence-electron chi connectivity index (χ2n) is 6.28. The fraction of sp³-hybridized carbons (Fsp3) is 1.00. The van der Waals surface area contributed by atoms with Crippen LogP contribution in [0.3, 0.4) is 0 Å². The summed E-state index contributed by atoms with van der Waals surface area (Å²) in [5, 5.41) is 9.66. The molecule has 0 aliphatic rings. The van der Waals surface area contributed by atoms with Gasteiger partial charge < -0.3 is 10.0 Å². The van der Waals surface area contributed by atoms with E-state index in [1.165, 1.54) is 64.2 Å². The summed E-state index contributed by atoms with van der Waals surface area (Å²) in [6.45, 7) is 2.27. The van der Waals surface area contributed by atoms with Gasteiger partial charge in [-0.05, 0) is 26.9 Å². The average Bonchev–Trinajstić information content (AvgIpc) is 2.43. The van der Waals surface area contributed by atoms with Crippen LogP contribution >= 0.6 is 11.6 Å². The number of unbranched alkanes of at least 4 members (excludes halogenated alkanes) is 8. The van der Waals surface area contributed by atoms with Gasteiger partial charge in [0.05, 0.1) is 6.10 Å². The fourth-order valence-electron chi connectivity index (χ4n) is 2.65. The van der Waals surface area contributed by atoms with E-state index in [4.69, 9.17) is 11.6 Å². The zero-order valence-corrected chi connectivity index (χ0v) is 14.7. The van der Waals surface area contributed by atoms with E-state index in [1.54, 1.807) is 0 Å². The largest absolute Gasteiger partial charge is 0.392 e. The maximum absolute atomic E-state index is 9.66. The van der Waals surface area contributed by atoms with E-state index in [9.17, 15) is 5.11 Å². The molecule has 0 aromatic heterocycles. The first kappa shape index (κ1) is 20.2. The van der Waals surface area contributed by atoms with Crippen LogP contribution in [0.4, 0.5) is 0 Å². The SMILES string of the molecule is CCCCCCCCCCCC(CC(O)CCl)N(C)C. The highest BCUT2D eigenvalue weighted by Gasteiger charge is 2.15.